The van der Waals surface area contributed by atoms with Crippen molar-refractivity contribution in [3.63, 3.8) is 0 Å². The van der Waals surface area contributed by atoms with Gasteiger partial charge in [-0.05, 0) is 30.2 Å². The van der Waals surface area contributed by atoms with Crippen LogP contribution in [-0.4, -0.2) is 32.1 Å². The molecule has 5 heteroatoms. The van der Waals surface area contributed by atoms with Gasteiger partial charge in [-0.25, -0.2) is 4.98 Å². The van der Waals surface area contributed by atoms with Gasteiger partial charge in [0.1, 0.15) is 5.82 Å². The van der Waals surface area contributed by atoms with Gasteiger partial charge in [0.15, 0.2) is 0 Å². The Morgan fingerprint density at radius 1 is 1.20 bits per heavy atom. The quantitative estimate of drug-likeness (QED) is 0.795. The lowest BCUT2D eigenvalue weighted by molar-refractivity contribution is -0.139. The summed E-state index contributed by atoms with van der Waals surface area (Å²) in [5, 5.41) is 9.64. The van der Waals surface area contributed by atoms with Gasteiger partial charge in [0.25, 0.3) is 0 Å². The van der Waals surface area contributed by atoms with E-state index in [1.54, 1.807) is 0 Å². The number of hydrogen-bond acceptors (Lipinski definition) is 3. The number of hydrogen-bond donors (Lipinski definition) is 1. The van der Waals surface area contributed by atoms with Crippen molar-refractivity contribution in [1.29, 1.82) is 0 Å². The number of carboxylic acid groups (broad SMARTS) is 1. The van der Waals surface area contributed by atoms with Crippen LogP contribution in [0.25, 0.3) is 11.0 Å². The van der Waals surface area contributed by atoms with Gasteiger partial charge in [-0.1, -0.05) is 36.4 Å². The Bertz CT molecular complexity index is 932. The number of imidazole rings is 1. The molecule has 0 radical (unpaired) electrons. The summed E-state index contributed by atoms with van der Waals surface area (Å²) < 4.78 is 2.21. The first-order valence-electron chi connectivity index (χ1n) is 8.64. The number of aryl methyl sites for hydroxylation is 1. The molecule has 1 aromatic heterocycles. The molecule has 3 aromatic rings. The van der Waals surface area contributed by atoms with E-state index < -0.39 is 11.9 Å². The lowest BCUT2D eigenvalue weighted by Gasteiger charge is -2.32. The Labute approximate surface area is 146 Å². The number of aliphatic carboxylic acids is 1. The van der Waals surface area contributed by atoms with Gasteiger partial charge in [-0.2, -0.15) is 0 Å². The largest absolute Gasteiger partial charge is 0.481 e. The number of carbonyl (C=O) groups is 1. The van der Waals surface area contributed by atoms with Crippen molar-refractivity contribution in [3.8, 4) is 0 Å². The second-order valence-corrected chi connectivity index (χ2v) is 6.52. The summed E-state index contributed by atoms with van der Waals surface area (Å²) in [5.41, 5.74) is 4.16. The number of carboxylic acids is 1. The Kier molecular flexibility index (Phi) is 4.01. The molecule has 4 rings (SSSR count). The summed E-state index contributed by atoms with van der Waals surface area (Å²) in [6.07, 6.45) is 0. The van der Waals surface area contributed by atoms with Crippen molar-refractivity contribution in [2.45, 2.75) is 32.5 Å². The average Bonchev–Trinajstić information content (AvgIpc) is 2.97. The molecule has 25 heavy (non-hydrogen) atoms. The van der Waals surface area contributed by atoms with Crippen LogP contribution in [-0.2, 0) is 24.4 Å². The highest BCUT2D eigenvalue weighted by Gasteiger charge is 2.30. The summed E-state index contributed by atoms with van der Waals surface area (Å²) in [4.78, 5) is 18.7. The number of para-hydroxylation sites is 2. The van der Waals surface area contributed by atoms with Gasteiger partial charge in [-0.15, -0.1) is 0 Å². The van der Waals surface area contributed by atoms with E-state index >= 15 is 0 Å². The topological polar surface area (TPSA) is 58.4 Å². The molecule has 0 spiro atoms. The first-order chi connectivity index (χ1) is 12.2. The zero-order valence-corrected chi connectivity index (χ0v) is 14.2. The monoisotopic (exact) mass is 335 g/mol. The maximum Gasteiger partial charge on any atom is 0.312 e. The van der Waals surface area contributed by atoms with Crippen LogP contribution in [0.15, 0.2) is 48.5 Å². The molecule has 0 fully saturated rings. The standard InChI is InChI=1S/C20H21N3O2/c1-2-23-18-10-6-5-9-17(18)21-19(23)13-22-11-14-7-3-4-8-15(14)16(12-22)20(24)25/h3-10,16H,2,11-13H2,1H3,(H,24,25). The van der Waals surface area contributed by atoms with E-state index in [0.717, 1.165) is 41.1 Å². The average molecular weight is 335 g/mol. The summed E-state index contributed by atoms with van der Waals surface area (Å²) >= 11 is 0. The Morgan fingerprint density at radius 2 is 1.96 bits per heavy atom. The Hall–Kier alpha value is -2.66. The second-order valence-electron chi connectivity index (χ2n) is 6.52. The molecule has 1 unspecified atom stereocenters. The second kappa shape index (κ2) is 6.33. The molecule has 1 N–H and O–H groups in total. The zero-order chi connectivity index (χ0) is 17.4. The molecule has 1 atom stereocenters. The van der Waals surface area contributed by atoms with E-state index in [1.165, 1.54) is 0 Å². The molecule has 1 aliphatic heterocycles. The third kappa shape index (κ3) is 2.81. The Morgan fingerprint density at radius 3 is 2.76 bits per heavy atom. The lowest BCUT2D eigenvalue weighted by Crippen LogP contribution is -2.37. The van der Waals surface area contributed by atoms with E-state index in [2.05, 4.69) is 22.5 Å². The lowest BCUT2D eigenvalue weighted by atomic mass is 9.90. The molecule has 5 nitrogen and oxygen atoms in total. The number of benzene rings is 2. The molecule has 0 amide bonds. The normalized spacial score (nSPS) is 17.6. The van der Waals surface area contributed by atoms with Gasteiger partial charge in [0.2, 0.25) is 0 Å². The number of nitrogens with zero attached hydrogens (tertiary/aromatic N) is 3. The van der Waals surface area contributed by atoms with Gasteiger partial charge < -0.3 is 9.67 Å². The minimum atomic E-state index is -0.763. The molecule has 128 valence electrons. The fourth-order valence-corrected chi connectivity index (χ4v) is 3.81. The predicted molar refractivity (Wildman–Crippen MR) is 96.3 cm³/mol. The van der Waals surface area contributed by atoms with Crippen molar-refractivity contribution in [1.82, 2.24) is 14.5 Å². The summed E-state index contributed by atoms with van der Waals surface area (Å²) in [5.74, 6) is -0.252. The molecular weight excluding hydrogens is 314 g/mol. The molecule has 2 heterocycles. The van der Waals surface area contributed by atoms with Crippen LogP contribution in [0.3, 0.4) is 0 Å². The van der Waals surface area contributed by atoms with E-state index in [-0.39, 0.29) is 0 Å². The zero-order valence-electron chi connectivity index (χ0n) is 14.2. The Balaban J connectivity index is 1.67. The molecular formula is C20H21N3O2. The van der Waals surface area contributed by atoms with Gasteiger partial charge in [-0.3, -0.25) is 9.69 Å². The SMILES string of the molecule is CCn1c(CN2Cc3ccccc3C(C(=O)O)C2)nc2ccccc21. The van der Waals surface area contributed by atoms with Gasteiger partial charge in [0.05, 0.1) is 23.5 Å². The summed E-state index contributed by atoms with van der Waals surface area (Å²) in [6, 6.07) is 16.0. The molecule has 0 bridgehead atoms. The molecule has 2 aromatic carbocycles. The van der Waals surface area contributed by atoms with Crippen LogP contribution >= 0.6 is 0 Å². The van der Waals surface area contributed by atoms with E-state index in [0.29, 0.717) is 13.1 Å². The van der Waals surface area contributed by atoms with Crippen LogP contribution < -0.4 is 0 Å². The summed E-state index contributed by atoms with van der Waals surface area (Å²) in [7, 11) is 0. The van der Waals surface area contributed by atoms with Crippen molar-refractivity contribution in [3.05, 3.63) is 65.5 Å². The third-order valence-corrected chi connectivity index (χ3v) is 4.98. The number of rotatable bonds is 4. The van der Waals surface area contributed by atoms with Crippen molar-refractivity contribution in [2.24, 2.45) is 0 Å². The van der Waals surface area contributed by atoms with Gasteiger partial charge in [0, 0.05) is 19.6 Å². The maximum absolute atomic E-state index is 11.7. The molecule has 0 aliphatic carbocycles. The third-order valence-electron chi connectivity index (χ3n) is 4.98. The van der Waals surface area contributed by atoms with E-state index in [9.17, 15) is 9.90 Å². The number of fused-ring (bicyclic) bond motifs is 2. The van der Waals surface area contributed by atoms with Crippen molar-refractivity contribution < 1.29 is 9.90 Å². The molecule has 0 saturated heterocycles. The van der Waals surface area contributed by atoms with Gasteiger partial charge >= 0.3 is 5.97 Å². The van der Waals surface area contributed by atoms with Crippen LogP contribution in [0, 0.1) is 0 Å². The van der Waals surface area contributed by atoms with Crippen LogP contribution in [0.1, 0.15) is 29.8 Å². The number of aromatic nitrogens is 2. The van der Waals surface area contributed by atoms with Crippen LogP contribution in [0.4, 0.5) is 0 Å². The minimum absolute atomic E-state index is 0.482. The first kappa shape index (κ1) is 15.8. The molecule has 1 aliphatic rings. The highest BCUT2D eigenvalue weighted by molar-refractivity contribution is 5.77. The highest BCUT2D eigenvalue weighted by Crippen LogP contribution is 2.29. The van der Waals surface area contributed by atoms with Crippen LogP contribution in [0.2, 0.25) is 0 Å². The maximum atomic E-state index is 11.7. The fourth-order valence-electron chi connectivity index (χ4n) is 3.81. The minimum Gasteiger partial charge on any atom is -0.481 e. The highest BCUT2D eigenvalue weighted by atomic mass is 16.4. The summed E-state index contributed by atoms with van der Waals surface area (Å²) in [6.45, 7) is 4.89. The molecule has 0 saturated carbocycles. The van der Waals surface area contributed by atoms with Crippen LogP contribution in [0.5, 0.6) is 0 Å². The first-order valence-corrected chi connectivity index (χ1v) is 8.64. The van der Waals surface area contributed by atoms with E-state index in [4.69, 9.17) is 4.98 Å². The fraction of sp³-hybridized carbons (Fsp3) is 0.300. The smallest absolute Gasteiger partial charge is 0.312 e. The van der Waals surface area contributed by atoms with E-state index in [1.807, 2.05) is 42.5 Å². The van der Waals surface area contributed by atoms with Crippen molar-refractivity contribution >= 4 is 17.0 Å². The predicted octanol–water partition coefficient (Wildman–Crippen LogP) is 3.24. The van der Waals surface area contributed by atoms with Crippen molar-refractivity contribution in [2.75, 3.05) is 6.54 Å².